The Kier molecular flexibility index (Phi) is 3.12. The van der Waals surface area contributed by atoms with Crippen LogP contribution in [0.15, 0.2) is 16.7 Å². The molecule has 2 unspecified atom stereocenters. The van der Waals surface area contributed by atoms with E-state index in [1.165, 1.54) is 0 Å². The number of aliphatic hydroxyl groups is 1. The molecule has 1 heterocycles. The molecule has 1 aromatic heterocycles. The largest absolute Gasteiger partial charge is 0.466 e. The lowest BCUT2D eigenvalue weighted by atomic mass is 9.97. The highest BCUT2D eigenvalue weighted by Gasteiger charge is 2.23. The Morgan fingerprint density at radius 3 is 2.46 bits per heavy atom. The Bertz CT molecular complexity index is 268. The molecule has 2 atom stereocenters. The van der Waals surface area contributed by atoms with Crippen LogP contribution < -0.4 is 5.73 Å². The maximum absolute atomic E-state index is 9.81. The molecule has 0 saturated carbocycles. The van der Waals surface area contributed by atoms with Crippen LogP contribution in [-0.4, -0.2) is 11.1 Å². The Hall–Kier alpha value is -0.800. The summed E-state index contributed by atoms with van der Waals surface area (Å²) in [6.07, 6.45) is 0.871. The van der Waals surface area contributed by atoms with Gasteiger partial charge in [-0.1, -0.05) is 13.8 Å². The van der Waals surface area contributed by atoms with E-state index in [-0.39, 0.29) is 12.0 Å². The molecule has 0 aliphatic rings. The molecule has 0 aromatic carbocycles. The fourth-order valence-electron chi connectivity index (χ4n) is 1.23. The zero-order chi connectivity index (χ0) is 10.0. The van der Waals surface area contributed by atoms with Crippen LogP contribution in [0, 0.1) is 12.8 Å². The molecule has 3 N–H and O–H groups in total. The van der Waals surface area contributed by atoms with E-state index >= 15 is 0 Å². The maximum atomic E-state index is 9.81. The van der Waals surface area contributed by atoms with E-state index in [1.54, 1.807) is 6.26 Å². The lowest BCUT2D eigenvalue weighted by molar-refractivity contribution is 0.102. The highest BCUT2D eigenvalue weighted by molar-refractivity contribution is 5.18. The SMILES string of the molecule is Cc1ccoc1C(O)C(N)C(C)C. The summed E-state index contributed by atoms with van der Waals surface area (Å²) in [5.41, 5.74) is 6.76. The van der Waals surface area contributed by atoms with Crippen molar-refractivity contribution in [2.24, 2.45) is 11.7 Å². The quantitative estimate of drug-likeness (QED) is 0.748. The molecular formula is C10H17NO2. The average Bonchev–Trinajstić information content (AvgIpc) is 2.48. The molecule has 0 radical (unpaired) electrons. The molecule has 0 amide bonds. The molecule has 0 fully saturated rings. The summed E-state index contributed by atoms with van der Waals surface area (Å²) in [6.45, 7) is 5.85. The average molecular weight is 183 g/mol. The summed E-state index contributed by atoms with van der Waals surface area (Å²) in [5, 5.41) is 9.81. The fourth-order valence-corrected chi connectivity index (χ4v) is 1.23. The van der Waals surface area contributed by atoms with Crippen LogP contribution in [0.4, 0.5) is 0 Å². The first-order chi connectivity index (χ1) is 6.04. The Labute approximate surface area is 78.5 Å². The topological polar surface area (TPSA) is 59.4 Å². The number of hydrogen-bond donors (Lipinski definition) is 2. The highest BCUT2D eigenvalue weighted by atomic mass is 16.4. The third kappa shape index (κ3) is 2.11. The minimum atomic E-state index is -0.699. The predicted molar refractivity (Wildman–Crippen MR) is 51.2 cm³/mol. The van der Waals surface area contributed by atoms with Crippen molar-refractivity contribution < 1.29 is 9.52 Å². The number of rotatable bonds is 3. The summed E-state index contributed by atoms with van der Waals surface area (Å²) in [4.78, 5) is 0. The van der Waals surface area contributed by atoms with E-state index < -0.39 is 6.10 Å². The van der Waals surface area contributed by atoms with Gasteiger partial charge in [-0.2, -0.15) is 0 Å². The minimum absolute atomic E-state index is 0.236. The maximum Gasteiger partial charge on any atom is 0.136 e. The number of aryl methyl sites for hydroxylation is 1. The number of aliphatic hydroxyl groups excluding tert-OH is 1. The van der Waals surface area contributed by atoms with Crippen molar-refractivity contribution in [2.75, 3.05) is 0 Å². The van der Waals surface area contributed by atoms with Gasteiger partial charge in [-0.05, 0) is 24.5 Å². The van der Waals surface area contributed by atoms with Crippen molar-refractivity contribution in [3.8, 4) is 0 Å². The highest BCUT2D eigenvalue weighted by Crippen LogP contribution is 2.23. The van der Waals surface area contributed by atoms with E-state index in [1.807, 2.05) is 26.8 Å². The molecule has 13 heavy (non-hydrogen) atoms. The van der Waals surface area contributed by atoms with Crippen LogP contribution >= 0.6 is 0 Å². The molecule has 3 nitrogen and oxygen atoms in total. The zero-order valence-electron chi connectivity index (χ0n) is 8.32. The van der Waals surface area contributed by atoms with Crippen LogP contribution in [0.5, 0.6) is 0 Å². The third-order valence-corrected chi connectivity index (χ3v) is 2.30. The second kappa shape index (κ2) is 3.94. The van der Waals surface area contributed by atoms with Crippen molar-refractivity contribution in [3.05, 3.63) is 23.7 Å². The summed E-state index contributed by atoms with van der Waals surface area (Å²) in [7, 11) is 0. The molecule has 1 rings (SSSR count). The van der Waals surface area contributed by atoms with Crippen LogP contribution in [0.2, 0.25) is 0 Å². The van der Waals surface area contributed by atoms with Crippen molar-refractivity contribution in [3.63, 3.8) is 0 Å². The predicted octanol–water partition coefficient (Wildman–Crippen LogP) is 1.60. The van der Waals surface area contributed by atoms with Crippen molar-refractivity contribution in [1.82, 2.24) is 0 Å². The molecular weight excluding hydrogens is 166 g/mol. The van der Waals surface area contributed by atoms with E-state index in [9.17, 15) is 5.11 Å². The van der Waals surface area contributed by atoms with Crippen LogP contribution in [0.3, 0.4) is 0 Å². The van der Waals surface area contributed by atoms with Crippen LogP contribution in [-0.2, 0) is 0 Å². The molecule has 0 bridgehead atoms. The van der Waals surface area contributed by atoms with Gasteiger partial charge >= 0.3 is 0 Å². The Morgan fingerprint density at radius 1 is 1.46 bits per heavy atom. The van der Waals surface area contributed by atoms with Gasteiger partial charge in [0.2, 0.25) is 0 Å². The summed E-state index contributed by atoms with van der Waals surface area (Å²) in [5.74, 6) is 0.820. The third-order valence-electron chi connectivity index (χ3n) is 2.30. The van der Waals surface area contributed by atoms with Gasteiger partial charge in [0.05, 0.1) is 6.26 Å². The first kappa shape index (κ1) is 10.3. The van der Waals surface area contributed by atoms with Gasteiger partial charge < -0.3 is 15.3 Å². The van der Waals surface area contributed by atoms with Gasteiger partial charge in [-0.25, -0.2) is 0 Å². The number of hydrogen-bond acceptors (Lipinski definition) is 3. The molecule has 1 aromatic rings. The molecule has 0 saturated heterocycles. The second-order valence-corrected chi connectivity index (χ2v) is 3.73. The normalized spacial score (nSPS) is 16.2. The van der Waals surface area contributed by atoms with Gasteiger partial charge in [0.15, 0.2) is 0 Å². The summed E-state index contributed by atoms with van der Waals surface area (Å²) < 4.78 is 5.17. The van der Waals surface area contributed by atoms with Crippen LogP contribution in [0.25, 0.3) is 0 Å². The Morgan fingerprint density at radius 2 is 2.08 bits per heavy atom. The smallest absolute Gasteiger partial charge is 0.136 e. The van der Waals surface area contributed by atoms with E-state index in [4.69, 9.17) is 10.2 Å². The minimum Gasteiger partial charge on any atom is -0.466 e. The summed E-state index contributed by atoms with van der Waals surface area (Å²) in [6, 6.07) is 1.55. The molecule has 74 valence electrons. The van der Waals surface area contributed by atoms with Gasteiger partial charge in [0.1, 0.15) is 11.9 Å². The van der Waals surface area contributed by atoms with Crippen molar-refractivity contribution in [1.29, 1.82) is 0 Å². The molecule has 3 heteroatoms. The van der Waals surface area contributed by atoms with Gasteiger partial charge in [-0.3, -0.25) is 0 Å². The monoisotopic (exact) mass is 183 g/mol. The standard InChI is InChI=1S/C10H17NO2/c1-6(2)8(11)9(12)10-7(3)4-5-13-10/h4-6,8-9,12H,11H2,1-3H3. The number of furan rings is 1. The molecule has 0 aliphatic carbocycles. The van der Waals surface area contributed by atoms with E-state index in [0.717, 1.165) is 5.56 Å². The fraction of sp³-hybridized carbons (Fsp3) is 0.600. The van der Waals surface area contributed by atoms with Gasteiger partial charge in [0, 0.05) is 6.04 Å². The van der Waals surface area contributed by atoms with E-state index in [0.29, 0.717) is 5.76 Å². The first-order valence-corrected chi connectivity index (χ1v) is 4.51. The lowest BCUT2D eigenvalue weighted by Gasteiger charge is -2.20. The second-order valence-electron chi connectivity index (χ2n) is 3.73. The molecule has 0 aliphatic heterocycles. The van der Waals surface area contributed by atoms with Crippen molar-refractivity contribution >= 4 is 0 Å². The van der Waals surface area contributed by atoms with Crippen molar-refractivity contribution in [2.45, 2.75) is 32.9 Å². The van der Waals surface area contributed by atoms with Gasteiger partial charge in [-0.15, -0.1) is 0 Å². The van der Waals surface area contributed by atoms with Crippen LogP contribution in [0.1, 0.15) is 31.3 Å². The molecule has 0 spiro atoms. The first-order valence-electron chi connectivity index (χ1n) is 4.51. The van der Waals surface area contributed by atoms with E-state index in [2.05, 4.69) is 0 Å². The summed E-state index contributed by atoms with van der Waals surface area (Å²) >= 11 is 0. The lowest BCUT2D eigenvalue weighted by Crippen LogP contribution is -2.33. The number of nitrogens with two attached hydrogens (primary N) is 1. The zero-order valence-corrected chi connectivity index (χ0v) is 8.32. The van der Waals surface area contributed by atoms with Gasteiger partial charge in [0.25, 0.3) is 0 Å². The Balaban J connectivity index is 2.79.